The van der Waals surface area contributed by atoms with Crippen molar-refractivity contribution in [1.29, 1.82) is 0 Å². The van der Waals surface area contributed by atoms with Crippen LogP contribution in [0.3, 0.4) is 0 Å². The molecule has 4 heterocycles. The lowest BCUT2D eigenvalue weighted by Gasteiger charge is -2.32. The van der Waals surface area contributed by atoms with E-state index in [4.69, 9.17) is 4.74 Å². The van der Waals surface area contributed by atoms with Crippen molar-refractivity contribution in [2.24, 2.45) is 0 Å². The zero-order valence-electron chi connectivity index (χ0n) is 19.6. The van der Waals surface area contributed by atoms with Gasteiger partial charge in [0.05, 0.1) is 13.3 Å². The minimum Gasteiger partial charge on any atom is -0.481 e. The van der Waals surface area contributed by atoms with Gasteiger partial charge in [-0.25, -0.2) is 17.8 Å². The number of ether oxygens (including phenoxy) is 1. The number of aromatic nitrogens is 1. The maximum absolute atomic E-state index is 14.6. The highest BCUT2D eigenvalue weighted by atomic mass is 32.2. The maximum Gasteiger partial charge on any atom is 0.255 e. The molecule has 1 aromatic heterocycles. The summed E-state index contributed by atoms with van der Waals surface area (Å²) in [7, 11) is -2.30. The van der Waals surface area contributed by atoms with E-state index < -0.39 is 33.7 Å². The van der Waals surface area contributed by atoms with E-state index in [-0.39, 0.29) is 54.8 Å². The topological polar surface area (TPSA) is 126 Å². The van der Waals surface area contributed by atoms with E-state index in [1.807, 2.05) is 0 Å². The van der Waals surface area contributed by atoms with Crippen molar-refractivity contribution in [2.45, 2.75) is 49.1 Å². The molecule has 0 saturated carbocycles. The van der Waals surface area contributed by atoms with Crippen LogP contribution in [0.1, 0.15) is 53.1 Å². The van der Waals surface area contributed by atoms with Crippen LogP contribution in [-0.4, -0.2) is 66.6 Å². The number of rotatable bonds is 5. The monoisotopic (exact) mass is 516 g/mol. The average molecular weight is 517 g/mol. The molecule has 0 spiro atoms. The second-order valence-corrected chi connectivity index (χ2v) is 11.1. The number of fused-ring (bicyclic) bond motifs is 1. The predicted molar refractivity (Wildman–Crippen MR) is 124 cm³/mol. The van der Waals surface area contributed by atoms with Gasteiger partial charge in [-0.3, -0.25) is 19.7 Å². The first-order valence-electron chi connectivity index (χ1n) is 11.7. The fraction of sp³-hybridized carbons (Fsp3) is 0.417. The third-order valence-electron chi connectivity index (χ3n) is 7.11. The van der Waals surface area contributed by atoms with E-state index in [0.717, 1.165) is 0 Å². The fourth-order valence-electron chi connectivity index (χ4n) is 5.21. The van der Waals surface area contributed by atoms with Gasteiger partial charge in [0.25, 0.3) is 5.91 Å². The predicted octanol–water partition coefficient (Wildman–Crippen LogP) is 1.56. The van der Waals surface area contributed by atoms with Crippen LogP contribution in [0.2, 0.25) is 0 Å². The third-order valence-corrected chi connectivity index (χ3v) is 8.99. The van der Waals surface area contributed by atoms with Crippen molar-refractivity contribution in [3.8, 4) is 5.88 Å². The number of nitrogens with one attached hydrogen (secondary N) is 1. The van der Waals surface area contributed by atoms with Gasteiger partial charge in [0, 0.05) is 37.7 Å². The summed E-state index contributed by atoms with van der Waals surface area (Å²) in [5, 5.41) is 2.26. The molecule has 3 amide bonds. The highest BCUT2D eigenvalue weighted by Gasteiger charge is 2.41. The van der Waals surface area contributed by atoms with Crippen molar-refractivity contribution in [2.75, 3.05) is 20.2 Å². The van der Waals surface area contributed by atoms with Crippen molar-refractivity contribution in [1.82, 2.24) is 19.5 Å². The summed E-state index contributed by atoms with van der Waals surface area (Å²) in [6, 6.07) is 4.73. The Balaban J connectivity index is 1.34. The summed E-state index contributed by atoms with van der Waals surface area (Å²) >= 11 is 0. The number of imide groups is 1. The number of benzene rings is 1. The highest BCUT2D eigenvalue weighted by molar-refractivity contribution is 7.89. The van der Waals surface area contributed by atoms with Gasteiger partial charge in [-0.05, 0) is 54.5 Å². The number of methoxy groups -OCH3 is 1. The highest BCUT2D eigenvalue weighted by Crippen LogP contribution is 2.38. The molecule has 0 bridgehead atoms. The first-order chi connectivity index (χ1) is 17.2. The zero-order chi connectivity index (χ0) is 25.6. The number of pyridine rings is 1. The molecule has 2 saturated heterocycles. The van der Waals surface area contributed by atoms with Crippen LogP contribution in [0.25, 0.3) is 0 Å². The minimum atomic E-state index is -3.75. The van der Waals surface area contributed by atoms with Crippen LogP contribution in [0.5, 0.6) is 5.88 Å². The molecule has 2 fully saturated rings. The first-order valence-corrected chi connectivity index (χ1v) is 13.1. The first kappa shape index (κ1) is 24.3. The van der Waals surface area contributed by atoms with Crippen LogP contribution < -0.4 is 10.1 Å². The number of hydrogen-bond donors (Lipinski definition) is 1. The van der Waals surface area contributed by atoms with E-state index in [0.29, 0.717) is 29.8 Å². The number of piperidine rings is 2. The van der Waals surface area contributed by atoms with E-state index in [1.165, 1.54) is 46.8 Å². The molecule has 36 heavy (non-hydrogen) atoms. The Labute approximate surface area is 207 Å². The average Bonchev–Trinajstić information content (AvgIpc) is 3.19. The van der Waals surface area contributed by atoms with Crippen LogP contribution in [0.4, 0.5) is 4.39 Å². The molecular weight excluding hydrogens is 491 g/mol. The number of hydrogen-bond acceptors (Lipinski definition) is 7. The Morgan fingerprint density at radius 1 is 1.11 bits per heavy atom. The van der Waals surface area contributed by atoms with E-state index in [9.17, 15) is 27.2 Å². The quantitative estimate of drug-likeness (QED) is 0.598. The van der Waals surface area contributed by atoms with Gasteiger partial charge in [0.15, 0.2) is 0 Å². The molecule has 12 heteroatoms. The molecule has 1 N–H and O–H groups in total. The molecule has 190 valence electrons. The standard InChI is InChI=1S/C24H25FN4O6S/c1-35-22-5-2-16(12-26-22)36(33,34)28-8-6-14(7-9-28)17-10-15(25)11-18-19(17)13-29(24(18)32)20-3-4-21(30)27-23(20)31/h2,5,10-12,14,20H,3-4,6-9,13H2,1H3,(H,27,30,31). The third kappa shape index (κ3) is 4.24. The number of carbonyl (C=O) groups excluding carboxylic acids is 3. The normalized spacial score (nSPS) is 21.4. The Hall–Kier alpha value is -3.38. The second-order valence-electron chi connectivity index (χ2n) is 9.14. The van der Waals surface area contributed by atoms with Crippen LogP contribution >= 0.6 is 0 Å². The van der Waals surface area contributed by atoms with Crippen molar-refractivity contribution in [3.05, 3.63) is 53.0 Å². The zero-order valence-corrected chi connectivity index (χ0v) is 20.4. The molecule has 5 rings (SSSR count). The molecule has 1 aromatic carbocycles. The number of amides is 3. The Morgan fingerprint density at radius 2 is 1.86 bits per heavy atom. The molecule has 3 aliphatic rings. The Morgan fingerprint density at radius 3 is 2.50 bits per heavy atom. The number of halogens is 1. The van der Waals surface area contributed by atoms with Gasteiger partial charge in [0.2, 0.25) is 27.7 Å². The van der Waals surface area contributed by atoms with Crippen LogP contribution in [0, 0.1) is 5.82 Å². The molecule has 1 unspecified atom stereocenters. The Kier molecular flexibility index (Phi) is 6.25. The molecule has 0 aliphatic carbocycles. The maximum atomic E-state index is 14.6. The molecule has 10 nitrogen and oxygen atoms in total. The summed E-state index contributed by atoms with van der Waals surface area (Å²) in [5.41, 5.74) is 1.54. The summed E-state index contributed by atoms with van der Waals surface area (Å²) in [5.74, 6) is -1.73. The molecule has 2 aromatic rings. The second kappa shape index (κ2) is 9.25. The van der Waals surface area contributed by atoms with Gasteiger partial charge in [-0.1, -0.05) is 0 Å². The number of carbonyl (C=O) groups is 3. The van der Waals surface area contributed by atoms with E-state index in [2.05, 4.69) is 10.3 Å². The summed E-state index contributed by atoms with van der Waals surface area (Å²) in [6.45, 7) is 0.607. The molecular formula is C24H25FN4O6S. The van der Waals surface area contributed by atoms with Gasteiger partial charge in [0.1, 0.15) is 16.8 Å². The lowest BCUT2D eigenvalue weighted by atomic mass is 9.86. The molecule has 3 aliphatic heterocycles. The van der Waals surface area contributed by atoms with E-state index in [1.54, 1.807) is 0 Å². The van der Waals surface area contributed by atoms with Gasteiger partial charge in [-0.2, -0.15) is 4.31 Å². The lowest BCUT2D eigenvalue weighted by Crippen LogP contribution is -2.52. The number of nitrogens with zero attached hydrogens (tertiary/aromatic N) is 3. The summed E-state index contributed by atoms with van der Waals surface area (Å²) in [6.07, 6.45) is 2.51. The van der Waals surface area contributed by atoms with E-state index >= 15 is 0 Å². The van der Waals surface area contributed by atoms with Crippen molar-refractivity contribution >= 4 is 27.7 Å². The van der Waals surface area contributed by atoms with Gasteiger partial charge < -0.3 is 9.64 Å². The van der Waals surface area contributed by atoms with Crippen molar-refractivity contribution < 1.29 is 31.9 Å². The van der Waals surface area contributed by atoms with Gasteiger partial charge in [-0.15, -0.1) is 0 Å². The molecule has 1 atom stereocenters. The van der Waals surface area contributed by atoms with Crippen LogP contribution in [0.15, 0.2) is 35.4 Å². The largest absolute Gasteiger partial charge is 0.481 e. The Bertz CT molecular complexity index is 1340. The summed E-state index contributed by atoms with van der Waals surface area (Å²) in [4.78, 5) is 42.4. The minimum absolute atomic E-state index is 0.0684. The number of sulfonamides is 1. The fourth-order valence-corrected chi connectivity index (χ4v) is 6.63. The van der Waals surface area contributed by atoms with Crippen LogP contribution in [-0.2, 0) is 26.2 Å². The van der Waals surface area contributed by atoms with Gasteiger partial charge >= 0.3 is 0 Å². The summed E-state index contributed by atoms with van der Waals surface area (Å²) < 4.78 is 47.1. The smallest absolute Gasteiger partial charge is 0.255 e. The lowest BCUT2D eigenvalue weighted by molar-refractivity contribution is -0.136. The molecule has 0 radical (unpaired) electrons. The SMILES string of the molecule is COc1ccc(S(=O)(=O)N2CCC(c3cc(F)cc4c3CN(C3CCC(=O)NC3=O)C4=O)CC2)cn1. The van der Waals surface area contributed by atoms with Crippen molar-refractivity contribution in [3.63, 3.8) is 0 Å².